The van der Waals surface area contributed by atoms with Crippen molar-refractivity contribution in [2.45, 2.75) is 31.8 Å². The van der Waals surface area contributed by atoms with Crippen LogP contribution in [0.15, 0.2) is 21.9 Å². The zero-order chi connectivity index (χ0) is 20.6. The Hall–Kier alpha value is -2.34. The minimum absolute atomic E-state index is 0.194. The molecule has 10 nitrogen and oxygen atoms in total. The van der Waals surface area contributed by atoms with E-state index in [0.717, 1.165) is 4.90 Å². The predicted molar refractivity (Wildman–Crippen MR) is 101 cm³/mol. The van der Waals surface area contributed by atoms with Crippen LogP contribution in [0.5, 0.6) is 0 Å². The van der Waals surface area contributed by atoms with E-state index < -0.39 is 35.2 Å². The van der Waals surface area contributed by atoms with Crippen LogP contribution in [-0.2, 0) is 25.7 Å². The number of nitrogens with zero attached hydrogens (tertiary/aromatic N) is 3. The molecular weight excluding hydrogens is 456 g/mol. The summed E-state index contributed by atoms with van der Waals surface area (Å²) in [5.74, 6) is -2.55. The van der Waals surface area contributed by atoms with Crippen LogP contribution >= 0.6 is 27.7 Å². The molecule has 0 aromatic carbocycles. The Bertz CT molecular complexity index is 898. The van der Waals surface area contributed by atoms with Crippen LogP contribution in [0.2, 0.25) is 0 Å². The molecule has 0 saturated carbocycles. The summed E-state index contributed by atoms with van der Waals surface area (Å²) < 4.78 is 6.88. The fourth-order valence-corrected chi connectivity index (χ4v) is 4.82. The molecular formula is C16H17BrN4O6S. The second kappa shape index (κ2) is 7.95. The van der Waals surface area contributed by atoms with E-state index in [0.29, 0.717) is 22.3 Å². The number of hydrogen-bond donors (Lipinski definition) is 2. The molecule has 1 saturated heterocycles. The number of carboxylic acids is 1. The van der Waals surface area contributed by atoms with Gasteiger partial charge < -0.3 is 15.2 Å². The second-order valence-electron chi connectivity index (χ2n) is 6.06. The molecule has 1 fully saturated rings. The number of hydrogen-bond acceptors (Lipinski definition) is 7. The molecule has 1 aromatic heterocycles. The summed E-state index contributed by atoms with van der Waals surface area (Å²) >= 11 is 4.57. The first-order valence-electron chi connectivity index (χ1n) is 8.31. The molecule has 150 valence electrons. The quantitative estimate of drug-likeness (QED) is 0.453. The molecule has 0 spiro atoms. The van der Waals surface area contributed by atoms with Gasteiger partial charge >= 0.3 is 11.9 Å². The lowest BCUT2D eigenvalue weighted by Crippen LogP contribution is -2.70. The van der Waals surface area contributed by atoms with Gasteiger partial charge in [0.25, 0.3) is 11.8 Å². The molecule has 0 bridgehead atoms. The number of ether oxygens (including phenoxy) is 1. The number of carbonyl (C=O) groups is 4. The van der Waals surface area contributed by atoms with Crippen LogP contribution in [0.4, 0.5) is 0 Å². The molecule has 1 aromatic rings. The van der Waals surface area contributed by atoms with Gasteiger partial charge in [0, 0.05) is 24.8 Å². The summed E-state index contributed by atoms with van der Waals surface area (Å²) in [6, 6.07) is -0.853. The number of amides is 2. The Balaban J connectivity index is 1.78. The van der Waals surface area contributed by atoms with Crippen molar-refractivity contribution >= 4 is 51.4 Å². The third-order valence-corrected chi connectivity index (χ3v) is 6.22. The largest absolute Gasteiger partial charge is 0.477 e. The highest BCUT2D eigenvalue weighted by molar-refractivity contribution is 9.10. The molecule has 28 heavy (non-hydrogen) atoms. The topological polar surface area (TPSA) is 131 Å². The molecule has 2 aliphatic heterocycles. The molecule has 0 aliphatic carbocycles. The minimum atomic E-state index is -1.28. The first-order chi connectivity index (χ1) is 13.3. The smallest absolute Gasteiger partial charge is 0.352 e. The van der Waals surface area contributed by atoms with Crippen molar-refractivity contribution in [3.05, 3.63) is 27.6 Å². The van der Waals surface area contributed by atoms with E-state index in [4.69, 9.17) is 4.74 Å². The zero-order valence-corrected chi connectivity index (χ0v) is 17.4. The van der Waals surface area contributed by atoms with Crippen molar-refractivity contribution < 1.29 is 29.0 Å². The molecule has 2 amide bonds. The molecule has 2 aliphatic rings. The number of rotatable bonds is 6. The van der Waals surface area contributed by atoms with Gasteiger partial charge in [-0.05, 0) is 22.9 Å². The highest BCUT2D eigenvalue weighted by Crippen LogP contribution is 2.40. The first-order valence-corrected chi connectivity index (χ1v) is 10.2. The second-order valence-corrected chi connectivity index (χ2v) is 8.01. The van der Waals surface area contributed by atoms with E-state index in [1.807, 2.05) is 6.92 Å². The fourth-order valence-electron chi connectivity index (χ4n) is 3.02. The first kappa shape index (κ1) is 20.4. The molecule has 0 radical (unpaired) electrons. The van der Waals surface area contributed by atoms with Gasteiger partial charge in [0.05, 0.1) is 10.7 Å². The Morgan fingerprint density at radius 3 is 2.79 bits per heavy atom. The average Bonchev–Trinajstić information content (AvgIpc) is 3.03. The monoisotopic (exact) mass is 472 g/mol. The number of nitrogens with one attached hydrogen (secondary N) is 1. The van der Waals surface area contributed by atoms with Gasteiger partial charge in [0.15, 0.2) is 0 Å². The van der Waals surface area contributed by atoms with E-state index in [1.165, 1.54) is 29.6 Å². The lowest BCUT2D eigenvalue weighted by atomic mass is 10.0. The van der Waals surface area contributed by atoms with Crippen LogP contribution in [0.3, 0.4) is 0 Å². The predicted octanol–water partition coefficient (Wildman–Crippen LogP) is 0.581. The minimum Gasteiger partial charge on any atom is -0.477 e. The summed E-state index contributed by atoms with van der Waals surface area (Å²) in [5, 5.41) is 15.7. The highest BCUT2D eigenvalue weighted by Gasteiger charge is 2.54. The summed E-state index contributed by atoms with van der Waals surface area (Å²) in [4.78, 5) is 49.0. The van der Waals surface area contributed by atoms with Crippen molar-refractivity contribution in [1.82, 2.24) is 20.0 Å². The summed E-state index contributed by atoms with van der Waals surface area (Å²) in [6.07, 6.45) is 1.50. The van der Waals surface area contributed by atoms with Crippen molar-refractivity contribution in [3.63, 3.8) is 0 Å². The third kappa shape index (κ3) is 3.53. The van der Waals surface area contributed by atoms with Crippen LogP contribution < -0.4 is 5.32 Å². The number of aryl methyl sites for hydroxylation is 1. The van der Waals surface area contributed by atoms with Crippen molar-refractivity contribution in [2.75, 3.05) is 12.4 Å². The summed E-state index contributed by atoms with van der Waals surface area (Å²) in [7, 11) is 0. The number of esters is 1. The van der Waals surface area contributed by atoms with Gasteiger partial charge in [-0.15, -0.1) is 11.8 Å². The van der Waals surface area contributed by atoms with Crippen molar-refractivity contribution in [3.8, 4) is 0 Å². The maximum Gasteiger partial charge on any atom is 0.352 e. The van der Waals surface area contributed by atoms with Crippen molar-refractivity contribution in [2.24, 2.45) is 0 Å². The zero-order valence-electron chi connectivity index (χ0n) is 15.0. The number of fused-ring (bicyclic) bond motifs is 1. The number of β-lactam (4-membered cyclic amide) rings is 1. The van der Waals surface area contributed by atoms with E-state index >= 15 is 0 Å². The maximum atomic E-state index is 12.6. The molecule has 3 rings (SSSR count). The Labute approximate surface area is 172 Å². The van der Waals surface area contributed by atoms with Crippen LogP contribution in [-0.4, -0.2) is 67.3 Å². The lowest BCUT2D eigenvalue weighted by molar-refractivity contribution is -0.149. The SMILES string of the molecule is CCn1ncc(Br)c1C(=O)N[C@H]1C(=O)N2C(C(=O)O)=C(COC(C)=O)CS[C@H]12. The number of carbonyl (C=O) groups excluding carboxylic acids is 3. The van der Waals surface area contributed by atoms with Crippen molar-refractivity contribution in [1.29, 1.82) is 0 Å². The number of aromatic nitrogens is 2. The molecule has 2 N–H and O–H groups in total. The summed E-state index contributed by atoms with van der Waals surface area (Å²) in [6.45, 7) is 3.33. The fraction of sp³-hybridized carbons (Fsp3) is 0.438. The molecule has 2 atom stereocenters. The standard InChI is InChI=1S/C16H17BrN4O6S/c1-3-20-12(9(17)4-18-20)13(23)19-10-14(24)21-11(16(25)26)8(5-27-7(2)22)6-28-15(10)21/h4,10,15H,3,5-6H2,1-2H3,(H,19,23)(H,25,26)/t10-,15+/m0/s1. The number of carboxylic acid groups (broad SMARTS) is 1. The van der Waals surface area contributed by atoms with Gasteiger partial charge in [-0.2, -0.15) is 5.10 Å². The van der Waals surface area contributed by atoms with E-state index in [1.54, 1.807) is 0 Å². The maximum absolute atomic E-state index is 12.6. The van der Waals surface area contributed by atoms with E-state index in [2.05, 4.69) is 26.3 Å². The lowest BCUT2D eigenvalue weighted by Gasteiger charge is -2.49. The van der Waals surface area contributed by atoms with Gasteiger partial charge in [0.1, 0.15) is 29.4 Å². The van der Waals surface area contributed by atoms with E-state index in [-0.39, 0.29) is 18.1 Å². The Morgan fingerprint density at radius 2 is 2.18 bits per heavy atom. The Kier molecular flexibility index (Phi) is 5.79. The van der Waals surface area contributed by atoms with E-state index in [9.17, 15) is 24.3 Å². The normalized spacial score (nSPS) is 21.1. The highest BCUT2D eigenvalue weighted by atomic mass is 79.9. The van der Waals surface area contributed by atoms with Gasteiger partial charge in [-0.1, -0.05) is 0 Å². The average molecular weight is 473 g/mol. The van der Waals surface area contributed by atoms with Crippen LogP contribution in [0.25, 0.3) is 0 Å². The molecule has 3 heterocycles. The number of aliphatic carboxylic acids is 1. The van der Waals surface area contributed by atoms with Crippen LogP contribution in [0.1, 0.15) is 24.3 Å². The van der Waals surface area contributed by atoms with Crippen LogP contribution in [0, 0.1) is 0 Å². The molecule has 12 heteroatoms. The third-order valence-electron chi connectivity index (χ3n) is 4.30. The number of thioether (sulfide) groups is 1. The van der Waals surface area contributed by atoms with Gasteiger partial charge in [0.2, 0.25) is 0 Å². The Morgan fingerprint density at radius 1 is 1.46 bits per heavy atom. The summed E-state index contributed by atoms with van der Waals surface area (Å²) in [5.41, 5.74) is 0.438. The van der Waals surface area contributed by atoms with Gasteiger partial charge in [-0.3, -0.25) is 24.0 Å². The molecule has 0 unspecified atom stereocenters. The number of halogens is 1. The van der Waals surface area contributed by atoms with Gasteiger partial charge in [-0.25, -0.2) is 4.79 Å².